The molecule has 4 nitrogen and oxygen atoms in total. The van der Waals surface area contributed by atoms with Crippen molar-refractivity contribution in [3.05, 3.63) is 83.0 Å². The molecular weight excluding hydrogens is 411 g/mol. The highest BCUT2D eigenvalue weighted by Crippen LogP contribution is 2.36. The number of nitrogens with zero attached hydrogens (tertiary/aromatic N) is 2. The van der Waals surface area contributed by atoms with Gasteiger partial charge in [-0.1, -0.05) is 48.5 Å². The van der Waals surface area contributed by atoms with Crippen LogP contribution in [0.4, 0.5) is 10.1 Å². The molecule has 0 N–H and O–H groups in total. The third kappa shape index (κ3) is 4.27. The van der Waals surface area contributed by atoms with E-state index < -0.39 is 0 Å². The molecule has 6 heteroatoms. The second kappa shape index (κ2) is 8.65. The number of halogens is 1. The van der Waals surface area contributed by atoms with E-state index in [2.05, 4.69) is 0 Å². The predicted molar refractivity (Wildman–Crippen MR) is 124 cm³/mol. The summed E-state index contributed by atoms with van der Waals surface area (Å²) in [6, 6.07) is 20.3. The van der Waals surface area contributed by atoms with Crippen molar-refractivity contribution < 1.29 is 13.9 Å². The van der Waals surface area contributed by atoms with E-state index in [9.17, 15) is 9.18 Å². The number of benzene rings is 3. The molecule has 2 aliphatic heterocycles. The Hall–Kier alpha value is -2.96. The van der Waals surface area contributed by atoms with Gasteiger partial charge in [0.15, 0.2) is 5.17 Å². The minimum absolute atomic E-state index is 0.00999. The van der Waals surface area contributed by atoms with Gasteiger partial charge in [-0.25, -0.2) is 9.38 Å². The molecule has 2 heterocycles. The van der Waals surface area contributed by atoms with Gasteiger partial charge in [-0.2, -0.15) is 0 Å². The highest BCUT2D eigenvalue weighted by atomic mass is 32.2. The summed E-state index contributed by atoms with van der Waals surface area (Å²) >= 11 is 1.32. The summed E-state index contributed by atoms with van der Waals surface area (Å²) in [6.07, 6.45) is 3.67. The highest BCUT2D eigenvalue weighted by Gasteiger charge is 2.36. The molecule has 5 rings (SSSR count). The summed E-state index contributed by atoms with van der Waals surface area (Å²) in [5.41, 5.74) is 1.47. The molecular formula is C25H21FN2O2S. The van der Waals surface area contributed by atoms with Gasteiger partial charge < -0.3 is 4.74 Å². The molecule has 3 aromatic carbocycles. The summed E-state index contributed by atoms with van der Waals surface area (Å²) in [6.45, 7) is 1.19. The Bertz CT molecular complexity index is 1200. The molecule has 1 atom stereocenters. The van der Waals surface area contributed by atoms with Gasteiger partial charge in [0.25, 0.3) is 5.91 Å². The Morgan fingerprint density at radius 1 is 1.13 bits per heavy atom. The largest absolute Gasteiger partial charge is 0.376 e. The Labute approximate surface area is 184 Å². The predicted octanol–water partition coefficient (Wildman–Crippen LogP) is 5.76. The fourth-order valence-electron chi connectivity index (χ4n) is 3.90. The van der Waals surface area contributed by atoms with E-state index in [0.717, 1.165) is 35.9 Å². The van der Waals surface area contributed by atoms with Crippen molar-refractivity contribution in [2.24, 2.45) is 4.99 Å². The maximum atomic E-state index is 13.6. The molecule has 31 heavy (non-hydrogen) atoms. The number of carbonyl (C=O) groups excluding carboxylic acids is 1. The third-order valence-electron chi connectivity index (χ3n) is 5.43. The van der Waals surface area contributed by atoms with Crippen LogP contribution < -0.4 is 0 Å². The van der Waals surface area contributed by atoms with Crippen LogP contribution in [0.5, 0.6) is 0 Å². The zero-order valence-corrected chi connectivity index (χ0v) is 17.6. The lowest BCUT2D eigenvalue weighted by atomic mass is 10.1. The van der Waals surface area contributed by atoms with Crippen LogP contribution in [0.2, 0.25) is 0 Å². The number of carbonyl (C=O) groups is 1. The number of amides is 1. The van der Waals surface area contributed by atoms with Crippen LogP contribution in [0.25, 0.3) is 16.8 Å². The summed E-state index contributed by atoms with van der Waals surface area (Å²) in [5, 5.41) is 2.75. The molecule has 2 saturated heterocycles. The molecule has 156 valence electrons. The number of rotatable bonds is 4. The zero-order chi connectivity index (χ0) is 21.2. The van der Waals surface area contributed by atoms with Crippen molar-refractivity contribution >= 4 is 45.4 Å². The van der Waals surface area contributed by atoms with Gasteiger partial charge in [0, 0.05) is 12.0 Å². The second-order valence-corrected chi connectivity index (χ2v) is 8.62. The molecule has 0 bridgehead atoms. The van der Waals surface area contributed by atoms with Gasteiger partial charge >= 0.3 is 0 Å². The molecule has 0 aromatic heterocycles. The Kier molecular flexibility index (Phi) is 5.57. The average Bonchev–Trinajstić information content (AvgIpc) is 3.39. The molecule has 0 radical (unpaired) electrons. The summed E-state index contributed by atoms with van der Waals surface area (Å²) in [4.78, 5) is 20.4. The molecule has 1 amide bonds. The van der Waals surface area contributed by atoms with Crippen LogP contribution in [0.3, 0.4) is 0 Å². The molecule has 0 saturated carbocycles. The number of fused-ring (bicyclic) bond motifs is 1. The summed E-state index contributed by atoms with van der Waals surface area (Å²) in [7, 11) is 0. The lowest BCUT2D eigenvalue weighted by Gasteiger charge is -2.19. The quantitative estimate of drug-likeness (QED) is 0.492. The van der Waals surface area contributed by atoms with Gasteiger partial charge in [0.05, 0.1) is 23.2 Å². The summed E-state index contributed by atoms with van der Waals surface area (Å²) < 4.78 is 19.4. The van der Waals surface area contributed by atoms with E-state index in [1.165, 1.54) is 23.9 Å². The highest BCUT2D eigenvalue weighted by molar-refractivity contribution is 8.18. The Morgan fingerprint density at radius 3 is 2.81 bits per heavy atom. The summed E-state index contributed by atoms with van der Waals surface area (Å²) in [5.74, 6) is -0.450. The van der Waals surface area contributed by atoms with Crippen LogP contribution in [0.15, 0.2) is 76.6 Å². The number of hydrogen-bond donors (Lipinski definition) is 0. The first-order valence-electron chi connectivity index (χ1n) is 10.3. The van der Waals surface area contributed by atoms with Crippen molar-refractivity contribution in [2.75, 3.05) is 13.2 Å². The van der Waals surface area contributed by atoms with Crippen molar-refractivity contribution in [1.82, 2.24) is 4.90 Å². The van der Waals surface area contributed by atoms with Gasteiger partial charge in [0.2, 0.25) is 0 Å². The Morgan fingerprint density at radius 2 is 1.97 bits per heavy atom. The Balaban J connectivity index is 1.54. The topological polar surface area (TPSA) is 41.9 Å². The minimum atomic E-state index is -0.328. The van der Waals surface area contributed by atoms with E-state index in [1.807, 2.05) is 42.5 Å². The maximum Gasteiger partial charge on any atom is 0.266 e. The smallest absolute Gasteiger partial charge is 0.266 e. The van der Waals surface area contributed by atoms with Crippen molar-refractivity contribution in [1.29, 1.82) is 0 Å². The van der Waals surface area contributed by atoms with Gasteiger partial charge in [-0.15, -0.1) is 0 Å². The van der Waals surface area contributed by atoms with Crippen LogP contribution in [-0.4, -0.2) is 35.2 Å². The molecule has 2 aliphatic rings. The van der Waals surface area contributed by atoms with Crippen LogP contribution in [0.1, 0.15) is 18.4 Å². The number of ether oxygens (including phenoxy) is 1. The van der Waals surface area contributed by atoms with Crippen LogP contribution in [-0.2, 0) is 9.53 Å². The lowest BCUT2D eigenvalue weighted by molar-refractivity contribution is -0.123. The molecule has 1 unspecified atom stereocenters. The average molecular weight is 433 g/mol. The second-order valence-electron chi connectivity index (χ2n) is 7.61. The van der Waals surface area contributed by atoms with Gasteiger partial charge in [-0.3, -0.25) is 9.69 Å². The van der Waals surface area contributed by atoms with Crippen molar-refractivity contribution in [2.45, 2.75) is 18.9 Å². The lowest BCUT2D eigenvalue weighted by Crippen LogP contribution is -2.36. The van der Waals surface area contributed by atoms with Crippen molar-refractivity contribution in [3.63, 3.8) is 0 Å². The van der Waals surface area contributed by atoms with E-state index in [4.69, 9.17) is 9.73 Å². The van der Waals surface area contributed by atoms with E-state index >= 15 is 0 Å². The zero-order valence-electron chi connectivity index (χ0n) is 16.8. The van der Waals surface area contributed by atoms with E-state index in [0.29, 0.717) is 22.2 Å². The first-order valence-corrected chi connectivity index (χ1v) is 11.1. The van der Waals surface area contributed by atoms with E-state index in [1.54, 1.807) is 23.1 Å². The maximum absolute atomic E-state index is 13.6. The fraction of sp³-hybridized carbons (Fsp3) is 0.200. The van der Waals surface area contributed by atoms with Crippen LogP contribution in [0, 0.1) is 5.82 Å². The fourth-order valence-corrected chi connectivity index (χ4v) is 4.90. The standard InChI is InChI=1S/C25H21FN2O2S/c26-19-9-3-6-17(14-19)15-23-24(29)28(16-20-10-5-13-30-20)25(31-23)27-22-12-4-8-18-7-1-2-11-21(18)22/h1-4,6-9,11-12,14-15,20H,5,10,13,16H2. The number of thioether (sulfide) groups is 1. The minimum Gasteiger partial charge on any atom is -0.376 e. The number of aliphatic imine (C=N–C) groups is 1. The molecule has 3 aromatic rings. The molecule has 0 spiro atoms. The molecule has 2 fully saturated rings. The first kappa shape index (κ1) is 20.0. The van der Waals surface area contributed by atoms with Crippen molar-refractivity contribution in [3.8, 4) is 0 Å². The van der Waals surface area contributed by atoms with E-state index in [-0.39, 0.29) is 17.8 Å². The molecule has 0 aliphatic carbocycles. The van der Waals surface area contributed by atoms with Gasteiger partial charge in [0.1, 0.15) is 5.82 Å². The first-order chi connectivity index (χ1) is 15.2. The van der Waals surface area contributed by atoms with Crippen LogP contribution >= 0.6 is 11.8 Å². The third-order valence-corrected chi connectivity index (χ3v) is 6.43. The monoisotopic (exact) mass is 432 g/mol. The number of amidine groups is 1. The number of hydrogen-bond acceptors (Lipinski definition) is 4. The van der Waals surface area contributed by atoms with Gasteiger partial charge in [-0.05, 0) is 59.8 Å². The SMILES string of the molecule is O=C1C(=Cc2cccc(F)c2)SC(=Nc2cccc3ccccc23)N1CC1CCCO1. The normalized spacial score (nSPS) is 21.6.